The Morgan fingerprint density at radius 2 is 1.56 bits per heavy atom. The van der Waals surface area contributed by atoms with Gasteiger partial charge in [-0.3, -0.25) is 9.69 Å². The molecule has 0 atom stereocenters. The van der Waals surface area contributed by atoms with Gasteiger partial charge in [0, 0.05) is 68.5 Å². The Morgan fingerprint density at radius 3 is 2.17 bits per heavy atom. The van der Waals surface area contributed by atoms with Gasteiger partial charge in [-0.1, -0.05) is 12.1 Å². The fourth-order valence-electron chi connectivity index (χ4n) is 5.40. The molecule has 2 aliphatic heterocycles. The van der Waals surface area contributed by atoms with E-state index in [9.17, 15) is 22.4 Å². The number of hydrogen-bond donors (Lipinski definition) is 2. The second-order valence-electron chi connectivity index (χ2n) is 10.8. The zero-order chi connectivity index (χ0) is 29.0. The van der Waals surface area contributed by atoms with E-state index in [2.05, 4.69) is 10.2 Å². The Bertz CT molecular complexity index is 1320. The van der Waals surface area contributed by atoms with Crippen molar-refractivity contribution >= 4 is 17.3 Å². The minimum atomic E-state index is -4.36. The second kappa shape index (κ2) is 12.4. The van der Waals surface area contributed by atoms with Crippen molar-refractivity contribution in [2.45, 2.75) is 50.6 Å². The van der Waals surface area contributed by atoms with Crippen molar-refractivity contribution in [3.63, 3.8) is 0 Å². The molecule has 3 aromatic carbocycles. The normalized spacial score (nSPS) is 17.4. The lowest BCUT2D eigenvalue weighted by molar-refractivity contribution is -0.137. The summed E-state index contributed by atoms with van der Waals surface area (Å²) in [5, 5.41) is 3.03. The van der Waals surface area contributed by atoms with Crippen molar-refractivity contribution < 1.29 is 27.1 Å². The fraction of sp³-hybridized carbons (Fsp3) is 0.387. The molecule has 0 spiro atoms. The summed E-state index contributed by atoms with van der Waals surface area (Å²) in [6.07, 6.45) is -1.77. The lowest BCUT2D eigenvalue weighted by atomic mass is 10.0. The summed E-state index contributed by atoms with van der Waals surface area (Å²) >= 11 is 0. The van der Waals surface area contributed by atoms with Crippen molar-refractivity contribution in [3.05, 3.63) is 89.2 Å². The molecule has 5 rings (SSSR count). The van der Waals surface area contributed by atoms with Crippen LogP contribution in [0.15, 0.2) is 66.7 Å². The zero-order valence-corrected chi connectivity index (χ0v) is 22.7. The van der Waals surface area contributed by atoms with Gasteiger partial charge >= 0.3 is 6.18 Å². The Balaban J connectivity index is 1.07. The largest absolute Gasteiger partial charge is 0.487 e. The number of alkyl halides is 3. The highest BCUT2D eigenvalue weighted by Gasteiger charge is 2.30. The van der Waals surface area contributed by atoms with E-state index >= 15 is 0 Å². The highest BCUT2D eigenvalue weighted by molar-refractivity contribution is 5.94. The van der Waals surface area contributed by atoms with Crippen LogP contribution in [0.5, 0.6) is 5.75 Å². The average Bonchev–Trinajstić information content (AvgIpc) is 2.96. The lowest BCUT2D eigenvalue weighted by Gasteiger charge is -2.34. The highest BCUT2D eigenvalue weighted by Crippen LogP contribution is 2.31. The Kier molecular flexibility index (Phi) is 8.68. The maximum absolute atomic E-state index is 14.9. The second-order valence-corrected chi connectivity index (χ2v) is 10.8. The number of amides is 1. The third kappa shape index (κ3) is 7.49. The number of piperidine rings is 2. The topological polar surface area (TPSA) is 70.8 Å². The molecule has 0 saturated carbocycles. The quantitative estimate of drug-likeness (QED) is 0.275. The van der Waals surface area contributed by atoms with Crippen LogP contribution in [0.25, 0.3) is 0 Å². The molecule has 2 fully saturated rings. The molecule has 6 nitrogen and oxygen atoms in total. The SMILES string of the molecule is Nc1ccc(CN2CCC(NC(=O)c3ccc(OC4CCN(c5ccc(C(F)(F)F)cc5)CC4)c(F)c3)CC2)cc1. The van der Waals surface area contributed by atoms with Crippen LogP contribution in [-0.4, -0.2) is 49.1 Å². The summed E-state index contributed by atoms with van der Waals surface area (Å²) in [4.78, 5) is 17.1. The van der Waals surface area contributed by atoms with Gasteiger partial charge in [-0.25, -0.2) is 4.39 Å². The van der Waals surface area contributed by atoms with Crippen molar-refractivity contribution in [2.75, 3.05) is 36.8 Å². The molecule has 218 valence electrons. The minimum Gasteiger partial charge on any atom is -0.487 e. The summed E-state index contributed by atoms with van der Waals surface area (Å²) in [6, 6.07) is 17.2. The number of nitrogen functional groups attached to an aromatic ring is 1. The van der Waals surface area contributed by atoms with Gasteiger partial charge in [0.1, 0.15) is 6.10 Å². The van der Waals surface area contributed by atoms with Crippen LogP contribution < -0.4 is 20.7 Å². The molecule has 0 bridgehead atoms. The van der Waals surface area contributed by atoms with Crippen molar-refractivity contribution in [3.8, 4) is 5.75 Å². The molecule has 1 amide bonds. The van der Waals surface area contributed by atoms with Crippen LogP contribution in [0.4, 0.5) is 28.9 Å². The Morgan fingerprint density at radius 1 is 0.902 bits per heavy atom. The van der Waals surface area contributed by atoms with E-state index in [1.165, 1.54) is 29.8 Å². The number of nitrogens with zero attached hydrogens (tertiary/aromatic N) is 2. The summed E-state index contributed by atoms with van der Waals surface area (Å²) < 4.78 is 59.2. The molecule has 0 unspecified atom stereocenters. The monoisotopic (exact) mass is 570 g/mol. The number of anilines is 2. The third-order valence-corrected chi connectivity index (χ3v) is 7.80. The number of carbonyl (C=O) groups is 1. The smallest absolute Gasteiger partial charge is 0.416 e. The van der Waals surface area contributed by atoms with Crippen molar-refractivity contribution in [1.29, 1.82) is 0 Å². The predicted octanol–water partition coefficient (Wildman–Crippen LogP) is 5.87. The standard InChI is InChI=1S/C31H34F4N4O2/c32-28-19-22(30(40)37-25-11-15-38(16-12-25)20-21-1-6-24(36)7-2-21)3-10-29(28)41-27-13-17-39(18-14-27)26-8-4-23(5-9-26)31(33,34)35/h1-10,19,25,27H,11-18,20,36H2,(H,37,40). The number of nitrogens with two attached hydrogens (primary N) is 1. The van der Waals surface area contributed by atoms with E-state index in [0.717, 1.165) is 50.3 Å². The molecular weight excluding hydrogens is 536 g/mol. The summed E-state index contributed by atoms with van der Waals surface area (Å²) in [5.41, 5.74) is 7.98. The van der Waals surface area contributed by atoms with Gasteiger partial charge in [-0.05, 0) is 73.0 Å². The number of rotatable bonds is 7. The van der Waals surface area contributed by atoms with E-state index in [1.54, 1.807) is 6.07 Å². The maximum atomic E-state index is 14.9. The van der Waals surface area contributed by atoms with Crippen LogP contribution in [0.1, 0.15) is 47.2 Å². The van der Waals surface area contributed by atoms with Gasteiger partial charge in [0.15, 0.2) is 11.6 Å². The molecule has 2 heterocycles. The summed E-state index contributed by atoms with van der Waals surface area (Å²) in [6.45, 7) is 3.71. The van der Waals surface area contributed by atoms with Crippen LogP contribution >= 0.6 is 0 Å². The van der Waals surface area contributed by atoms with Gasteiger partial charge in [-0.2, -0.15) is 13.2 Å². The first-order valence-corrected chi connectivity index (χ1v) is 13.9. The van der Waals surface area contributed by atoms with E-state index in [1.807, 2.05) is 29.2 Å². The van der Waals surface area contributed by atoms with E-state index in [-0.39, 0.29) is 29.4 Å². The first-order valence-electron chi connectivity index (χ1n) is 13.9. The van der Waals surface area contributed by atoms with Crippen LogP contribution in [-0.2, 0) is 12.7 Å². The molecule has 0 aliphatic carbocycles. The molecule has 2 aliphatic rings. The molecular formula is C31H34F4N4O2. The predicted molar refractivity (Wildman–Crippen MR) is 150 cm³/mol. The van der Waals surface area contributed by atoms with Crippen LogP contribution in [0.3, 0.4) is 0 Å². The highest BCUT2D eigenvalue weighted by atomic mass is 19.4. The number of halogens is 4. The average molecular weight is 571 g/mol. The number of benzene rings is 3. The molecule has 3 N–H and O–H groups in total. The van der Waals surface area contributed by atoms with Crippen LogP contribution in [0.2, 0.25) is 0 Å². The van der Waals surface area contributed by atoms with E-state index < -0.39 is 17.6 Å². The summed E-state index contributed by atoms with van der Waals surface area (Å²) in [5.74, 6) is -0.816. The molecule has 3 aromatic rings. The molecule has 0 aromatic heterocycles. The van der Waals surface area contributed by atoms with Crippen molar-refractivity contribution in [1.82, 2.24) is 10.2 Å². The Labute approximate surface area is 237 Å². The van der Waals surface area contributed by atoms with Gasteiger partial charge in [-0.15, -0.1) is 0 Å². The van der Waals surface area contributed by atoms with Gasteiger partial charge < -0.3 is 20.7 Å². The number of likely N-dealkylation sites (tertiary alicyclic amines) is 1. The fourth-order valence-corrected chi connectivity index (χ4v) is 5.40. The lowest BCUT2D eigenvalue weighted by Crippen LogP contribution is -2.44. The number of hydrogen-bond acceptors (Lipinski definition) is 5. The van der Waals surface area contributed by atoms with Gasteiger partial charge in [0.05, 0.1) is 5.56 Å². The molecule has 10 heteroatoms. The number of ether oxygens (including phenoxy) is 1. The first-order chi connectivity index (χ1) is 19.6. The number of nitrogens with one attached hydrogen (secondary N) is 1. The van der Waals surface area contributed by atoms with Crippen molar-refractivity contribution in [2.24, 2.45) is 0 Å². The van der Waals surface area contributed by atoms with Gasteiger partial charge in [0.25, 0.3) is 5.91 Å². The maximum Gasteiger partial charge on any atom is 0.416 e. The van der Waals surface area contributed by atoms with Gasteiger partial charge in [0.2, 0.25) is 0 Å². The molecule has 2 saturated heterocycles. The molecule has 0 radical (unpaired) electrons. The summed E-state index contributed by atoms with van der Waals surface area (Å²) in [7, 11) is 0. The first kappa shape index (κ1) is 28.7. The Hall–Kier alpha value is -3.79. The third-order valence-electron chi connectivity index (χ3n) is 7.80. The molecule has 41 heavy (non-hydrogen) atoms. The van der Waals surface area contributed by atoms with Crippen LogP contribution in [0, 0.1) is 5.82 Å². The minimum absolute atomic E-state index is 0.0269. The number of carbonyl (C=O) groups excluding carboxylic acids is 1. The van der Waals surface area contributed by atoms with E-state index in [4.69, 9.17) is 10.5 Å². The van der Waals surface area contributed by atoms with E-state index in [0.29, 0.717) is 31.6 Å². The zero-order valence-electron chi connectivity index (χ0n) is 22.7.